The summed E-state index contributed by atoms with van der Waals surface area (Å²) in [4.78, 5) is 16.1. The zero-order valence-electron chi connectivity index (χ0n) is 16.9. The molecule has 2 aliphatic rings. The Balaban J connectivity index is 0.00000231. The largest absolute Gasteiger partial charge is 0.458 e. The first-order valence-electron chi connectivity index (χ1n) is 9.81. The molecule has 0 aliphatic carbocycles. The molecule has 0 saturated carbocycles. The second kappa shape index (κ2) is 8.17. The Morgan fingerprint density at radius 3 is 1.84 bits per heavy atom. The van der Waals surface area contributed by atoms with Crippen LogP contribution in [0.1, 0.15) is 36.1 Å². The molecule has 0 spiro atoms. The van der Waals surface area contributed by atoms with Gasteiger partial charge in [0.15, 0.2) is 0 Å². The van der Waals surface area contributed by atoms with Crippen LogP contribution in [0.2, 0.25) is 0 Å². The topological polar surface area (TPSA) is 119 Å². The molecule has 0 fully saturated rings. The van der Waals surface area contributed by atoms with Gasteiger partial charge in [-0.2, -0.15) is 0 Å². The predicted octanol–water partition coefficient (Wildman–Crippen LogP) is 4.01. The van der Waals surface area contributed by atoms with E-state index in [9.17, 15) is 0 Å². The van der Waals surface area contributed by atoms with Gasteiger partial charge in [0.2, 0.25) is 5.85 Å². The predicted molar refractivity (Wildman–Crippen MR) is 121 cm³/mol. The summed E-state index contributed by atoms with van der Waals surface area (Å²) >= 11 is 0. The van der Waals surface area contributed by atoms with E-state index in [4.69, 9.17) is 16.2 Å². The van der Waals surface area contributed by atoms with Crippen molar-refractivity contribution in [2.45, 2.75) is 19.2 Å². The third-order valence-electron chi connectivity index (χ3n) is 4.98. The summed E-state index contributed by atoms with van der Waals surface area (Å²) in [5, 5.41) is 0. The molecular formula is C23H22MnN6O. The van der Waals surface area contributed by atoms with Crippen LogP contribution in [0, 0.1) is 0 Å². The number of fused-ring (bicyclic) bond motifs is 8. The number of nitrogens with one attached hydrogen (secondary N) is 2. The molecule has 157 valence electrons. The summed E-state index contributed by atoms with van der Waals surface area (Å²) in [7, 11) is 0. The third kappa shape index (κ3) is 4.62. The van der Waals surface area contributed by atoms with Gasteiger partial charge in [0.1, 0.15) is 5.75 Å². The third-order valence-corrected chi connectivity index (χ3v) is 4.98. The zero-order valence-corrected chi connectivity index (χ0v) is 18.1. The molecule has 0 atom stereocenters. The maximum Gasteiger partial charge on any atom is 0.212 e. The van der Waals surface area contributed by atoms with Crippen molar-refractivity contribution in [1.82, 2.24) is 19.9 Å². The minimum atomic E-state index is -1.26. The normalized spacial score (nSPS) is 12.6. The maximum absolute atomic E-state index is 6.04. The van der Waals surface area contributed by atoms with Crippen LogP contribution in [0.5, 0.6) is 5.75 Å². The Morgan fingerprint density at radius 1 is 0.774 bits per heavy atom. The summed E-state index contributed by atoms with van der Waals surface area (Å²) < 4.78 is 5.89. The van der Waals surface area contributed by atoms with E-state index in [1.165, 1.54) is 0 Å². The van der Waals surface area contributed by atoms with E-state index in [1.54, 1.807) is 0 Å². The molecule has 0 amide bonds. The van der Waals surface area contributed by atoms with Crippen molar-refractivity contribution in [1.29, 1.82) is 0 Å². The van der Waals surface area contributed by atoms with Gasteiger partial charge in [-0.1, -0.05) is 6.92 Å². The maximum atomic E-state index is 6.04. The Kier molecular flexibility index (Phi) is 5.56. The fraction of sp³-hybridized carbons (Fsp3) is 0.130. The number of hydrogen-bond donors (Lipinski definition) is 4. The van der Waals surface area contributed by atoms with Gasteiger partial charge in [0, 0.05) is 46.1 Å². The van der Waals surface area contributed by atoms with Crippen molar-refractivity contribution in [2.24, 2.45) is 11.5 Å². The number of hydrogen-bond acceptors (Lipinski definition) is 5. The number of ether oxygens (including phenoxy) is 1. The van der Waals surface area contributed by atoms with Crippen LogP contribution in [-0.4, -0.2) is 25.8 Å². The monoisotopic (exact) mass is 453 g/mol. The first kappa shape index (κ1) is 21.1. The molecule has 0 saturated heterocycles. The quantitative estimate of drug-likeness (QED) is 0.243. The van der Waals surface area contributed by atoms with Gasteiger partial charge in [-0.3, -0.25) is 11.5 Å². The van der Waals surface area contributed by atoms with Gasteiger partial charge >= 0.3 is 0 Å². The molecule has 5 heterocycles. The second-order valence-corrected chi connectivity index (χ2v) is 7.45. The van der Waals surface area contributed by atoms with Crippen LogP contribution < -0.4 is 16.2 Å². The minimum Gasteiger partial charge on any atom is -0.458 e. The minimum absolute atomic E-state index is 0. The number of aromatic amines is 2. The first-order chi connectivity index (χ1) is 14.5. The molecule has 0 unspecified atom stereocenters. The molecule has 6 N–H and O–H groups in total. The van der Waals surface area contributed by atoms with Gasteiger partial charge in [0.05, 0.1) is 28.3 Å². The molecule has 1 radical (unpaired) electrons. The second-order valence-electron chi connectivity index (χ2n) is 7.45. The van der Waals surface area contributed by atoms with Crippen LogP contribution in [0.4, 0.5) is 0 Å². The number of aromatic nitrogens is 4. The van der Waals surface area contributed by atoms with E-state index in [0.717, 1.165) is 44.8 Å². The number of rotatable bonds is 3. The van der Waals surface area contributed by atoms with Crippen molar-refractivity contribution < 1.29 is 21.8 Å². The SMILES string of the molecule is CCC(N)(N)Oc1cc2cc3nc(cc4ccc(cc5nc(cc1[nH]2)C=C5)[nH]4)C=C3.[Mn]. The summed E-state index contributed by atoms with van der Waals surface area (Å²) in [6, 6.07) is 13.8. The van der Waals surface area contributed by atoms with E-state index >= 15 is 0 Å². The van der Waals surface area contributed by atoms with Crippen molar-refractivity contribution in [3.63, 3.8) is 0 Å². The fourth-order valence-corrected chi connectivity index (χ4v) is 3.35. The summed E-state index contributed by atoms with van der Waals surface area (Å²) in [5.41, 5.74) is 19.0. The van der Waals surface area contributed by atoms with E-state index < -0.39 is 5.85 Å². The molecule has 5 rings (SSSR count). The number of nitrogens with two attached hydrogens (primary N) is 2. The van der Waals surface area contributed by atoms with Gasteiger partial charge in [0.25, 0.3) is 0 Å². The van der Waals surface area contributed by atoms with Gasteiger partial charge < -0.3 is 14.7 Å². The van der Waals surface area contributed by atoms with Gasteiger partial charge in [-0.15, -0.1) is 0 Å². The molecule has 2 aliphatic heterocycles. The summed E-state index contributed by atoms with van der Waals surface area (Å²) in [6.07, 6.45) is 8.34. The van der Waals surface area contributed by atoms with Crippen LogP contribution in [-0.2, 0) is 17.1 Å². The summed E-state index contributed by atoms with van der Waals surface area (Å²) in [6.45, 7) is 1.88. The van der Waals surface area contributed by atoms with E-state index in [-0.39, 0.29) is 17.1 Å². The molecular weight excluding hydrogens is 431 g/mol. The molecule has 3 aromatic heterocycles. The Morgan fingerprint density at radius 2 is 1.29 bits per heavy atom. The van der Waals surface area contributed by atoms with Crippen molar-refractivity contribution >= 4 is 46.4 Å². The van der Waals surface area contributed by atoms with E-state index in [1.807, 2.05) is 73.7 Å². The van der Waals surface area contributed by atoms with Crippen molar-refractivity contribution in [3.05, 3.63) is 65.2 Å². The zero-order chi connectivity index (χ0) is 20.7. The molecule has 7 nitrogen and oxygen atoms in total. The van der Waals surface area contributed by atoms with Crippen molar-refractivity contribution in [3.8, 4) is 5.75 Å². The standard InChI is InChI=1S/C23H22N6O.Mn/c1-2-23(24,25)30-22-13-20-11-18-6-5-16(27-18)9-14-3-4-15(26-14)10-17-7-8-19(28-17)12-21(22)29-20;/h3-13,26,29H,2,24-25H2,1H3;. The van der Waals surface area contributed by atoms with Crippen LogP contribution >= 0.6 is 0 Å². The van der Waals surface area contributed by atoms with E-state index in [2.05, 4.69) is 19.9 Å². The van der Waals surface area contributed by atoms with Gasteiger partial charge in [-0.05, 0) is 60.7 Å². The van der Waals surface area contributed by atoms with Crippen molar-refractivity contribution in [2.75, 3.05) is 0 Å². The van der Waals surface area contributed by atoms with Gasteiger partial charge in [-0.25, -0.2) is 9.97 Å². The van der Waals surface area contributed by atoms with Crippen LogP contribution in [0.3, 0.4) is 0 Å². The average Bonchev–Trinajstić information content (AvgIpc) is 3.47. The molecule has 8 bridgehead atoms. The number of nitrogens with zero attached hydrogens (tertiary/aromatic N) is 2. The van der Waals surface area contributed by atoms with Crippen LogP contribution in [0.25, 0.3) is 46.4 Å². The molecule has 31 heavy (non-hydrogen) atoms. The fourth-order valence-electron chi connectivity index (χ4n) is 3.35. The Bertz CT molecular complexity index is 1350. The molecule has 3 aromatic rings. The number of H-pyrrole nitrogens is 2. The summed E-state index contributed by atoms with van der Waals surface area (Å²) in [5.74, 6) is -0.691. The first-order valence-corrected chi connectivity index (χ1v) is 9.81. The Hall–Kier alpha value is -3.16. The smallest absolute Gasteiger partial charge is 0.212 e. The molecule has 8 heteroatoms. The van der Waals surface area contributed by atoms with E-state index in [0.29, 0.717) is 12.2 Å². The molecule has 0 aromatic carbocycles. The Labute approximate surface area is 189 Å². The average molecular weight is 453 g/mol. The van der Waals surface area contributed by atoms with Crippen LogP contribution in [0.15, 0.2) is 42.5 Å².